The predicted molar refractivity (Wildman–Crippen MR) is 147 cm³/mol. The fraction of sp³-hybridized carbons (Fsp3) is 0.600. The van der Waals surface area contributed by atoms with Crippen molar-refractivity contribution >= 4 is 23.5 Å². The van der Waals surface area contributed by atoms with Gasteiger partial charge in [0, 0.05) is 17.8 Å². The van der Waals surface area contributed by atoms with Crippen LogP contribution in [-0.2, 0) is 17.6 Å². The zero-order chi connectivity index (χ0) is 26.5. The van der Waals surface area contributed by atoms with Crippen molar-refractivity contribution < 1.29 is 14.7 Å². The molecule has 6 heteroatoms. The topological polar surface area (TPSA) is 71.3 Å². The van der Waals surface area contributed by atoms with Crippen LogP contribution in [0.15, 0.2) is 42.5 Å². The van der Waals surface area contributed by atoms with E-state index in [1.54, 1.807) is 0 Å². The maximum absolute atomic E-state index is 13.6. The van der Waals surface area contributed by atoms with E-state index in [1.807, 2.05) is 19.1 Å². The molecule has 3 rings (SSSR count). The van der Waals surface area contributed by atoms with E-state index >= 15 is 0 Å². The van der Waals surface area contributed by atoms with Gasteiger partial charge in [-0.3, -0.25) is 9.59 Å². The molecule has 2 N–H and O–H groups in total. The number of rotatable bonds is 14. The molecule has 1 aromatic heterocycles. The molecule has 1 amide bonds. The van der Waals surface area contributed by atoms with Gasteiger partial charge in [-0.1, -0.05) is 58.0 Å². The van der Waals surface area contributed by atoms with Gasteiger partial charge in [0.15, 0.2) is 0 Å². The van der Waals surface area contributed by atoms with Crippen molar-refractivity contribution in [3.05, 3.63) is 59.4 Å². The number of carboxylic acid groups (broad SMARTS) is 1. The number of aliphatic carboxylic acids is 1. The molecule has 1 heterocycles. The highest BCUT2D eigenvalue weighted by molar-refractivity contribution is 6.21. The number of nitrogens with one attached hydrogen (secondary N) is 1. The molecule has 1 aliphatic carbocycles. The molecule has 5 atom stereocenters. The van der Waals surface area contributed by atoms with Crippen LogP contribution in [0.2, 0.25) is 0 Å². The van der Waals surface area contributed by atoms with Crippen LogP contribution in [0.3, 0.4) is 0 Å². The van der Waals surface area contributed by atoms with Gasteiger partial charge in [-0.15, -0.1) is 11.6 Å². The number of carbonyl (C=O) groups excluding carboxylic acids is 1. The van der Waals surface area contributed by atoms with Gasteiger partial charge < -0.3 is 15.0 Å². The van der Waals surface area contributed by atoms with Gasteiger partial charge in [-0.25, -0.2) is 0 Å². The number of benzene rings is 1. The Bertz CT molecular complexity index is 1020. The quantitative estimate of drug-likeness (QED) is 0.270. The number of nitrogens with zero attached hydrogens (tertiary/aromatic N) is 1. The molecule has 2 unspecified atom stereocenters. The normalized spacial score (nSPS) is 19.9. The Balaban J connectivity index is 1.73. The number of carbonyl (C=O) groups is 2. The number of aromatic nitrogens is 1. The summed E-state index contributed by atoms with van der Waals surface area (Å²) in [6, 6.07) is 14.5. The van der Waals surface area contributed by atoms with Gasteiger partial charge in [0.2, 0.25) is 0 Å². The zero-order valence-corrected chi connectivity index (χ0v) is 23.2. The molecule has 0 saturated heterocycles. The molecule has 1 aromatic carbocycles. The summed E-state index contributed by atoms with van der Waals surface area (Å²) in [6.45, 7) is 10.5. The van der Waals surface area contributed by atoms with Crippen LogP contribution in [0.5, 0.6) is 0 Å². The molecule has 0 spiro atoms. The van der Waals surface area contributed by atoms with Crippen LogP contribution in [0.1, 0.15) is 94.5 Å². The highest BCUT2D eigenvalue weighted by Crippen LogP contribution is 2.53. The lowest BCUT2D eigenvalue weighted by Crippen LogP contribution is -2.45. The van der Waals surface area contributed by atoms with E-state index in [0.29, 0.717) is 18.5 Å². The second-order valence-electron chi connectivity index (χ2n) is 11.2. The van der Waals surface area contributed by atoms with Crippen LogP contribution < -0.4 is 5.32 Å². The van der Waals surface area contributed by atoms with E-state index in [2.05, 4.69) is 67.9 Å². The Hall–Kier alpha value is -2.27. The van der Waals surface area contributed by atoms with Gasteiger partial charge in [-0.2, -0.15) is 0 Å². The maximum Gasteiger partial charge on any atom is 0.306 e. The lowest BCUT2D eigenvalue weighted by atomic mass is 9.79. The minimum atomic E-state index is -0.724. The number of amides is 1. The van der Waals surface area contributed by atoms with Gasteiger partial charge >= 0.3 is 5.97 Å². The predicted octanol–water partition coefficient (Wildman–Crippen LogP) is 6.89. The van der Waals surface area contributed by atoms with Gasteiger partial charge in [0.25, 0.3) is 5.91 Å². The maximum atomic E-state index is 13.6. The lowest BCUT2D eigenvalue weighted by Gasteiger charge is -2.33. The van der Waals surface area contributed by atoms with Crippen molar-refractivity contribution in [2.75, 3.05) is 0 Å². The van der Waals surface area contributed by atoms with E-state index < -0.39 is 5.97 Å². The number of halogens is 1. The van der Waals surface area contributed by atoms with Gasteiger partial charge in [-0.05, 0) is 80.9 Å². The van der Waals surface area contributed by atoms with Gasteiger partial charge in [0.05, 0.1) is 11.3 Å². The van der Waals surface area contributed by atoms with E-state index in [1.165, 1.54) is 11.3 Å². The summed E-state index contributed by atoms with van der Waals surface area (Å²) >= 11 is 6.72. The molecule has 1 fully saturated rings. The van der Waals surface area contributed by atoms with E-state index in [-0.39, 0.29) is 40.6 Å². The SMILES string of the molecule is CCC(Cl)C(CC(C)(C)[C@H]1C[C@H]1C(=O)O)NC(=O)c1ccc(CCCc2ccccc2)n1[C@@H](C)CC. The third-order valence-electron chi connectivity index (χ3n) is 8.01. The minimum absolute atomic E-state index is 0.102. The first kappa shape index (κ1) is 28.3. The molecule has 0 radical (unpaired) electrons. The van der Waals surface area contributed by atoms with Crippen molar-refractivity contribution in [1.82, 2.24) is 9.88 Å². The molecule has 0 bridgehead atoms. The van der Waals surface area contributed by atoms with Crippen molar-refractivity contribution in [2.24, 2.45) is 17.3 Å². The average molecular weight is 515 g/mol. The second-order valence-corrected chi connectivity index (χ2v) is 11.7. The molecular weight excluding hydrogens is 472 g/mol. The standard InChI is InChI=1S/C30H43ClN2O3/c1-6-20(3)33-22(15-11-14-21-12-9-8-10-13-21)16-17-27(33)28(34)32-26(25(31)7-2)19-30(4,5)24-18-23(24)29(35)36/h8-10,12-13,16-17,20,23-26H,6-7,11,14-15,18-19H2,1-5H3,(H,32,34)(H,35,36)/t20-,23+,24-,25?,26?/m0/s1. The largest absolute Gasteiger partial charge is 0.481 e. The molecule has 2 aromatic rings. The highest BCUT2D eigenvalue weighted by Gasteiger charge is 2.52. The number of alkyl halides is 1. The van der Waals surface area contributed by atoms with Crippen LogP contribution >= 0.6 is 11.6 Å². The molecule has 0 aliphatic heterocycles. The smallest absolute Gasteiger partial charge is 0.306 e. The molecule has 1 saturated carbocycles. The van der Waals surface area contributed by atoms with Crippen molar-refractivity contribution in [3.8, 4) is 0 Å². The number of hydrogen-bond acceptors (Lipinski definition) is 2. The summed E-state index contributed by atoms with van der Waals surface area (Å²) in [6.07, 6.45) is 5.96. The van der Waals surface area contributed by atoms with Crippen LogP contribution in [0, 0.1) is 17.3 Å². The van der Waals surface area contributed by atoms with Crippen molar-refractivity contribution in [2.45, 2.75) is 97.0 Å². The van der Waals surface area contributed by atoms with Crippen LogP contribution in [0.25, 0.3) is 0 Å². The first-order valence-electron chi connectivity index (χ1n) is 13.5. The van der Waals surface area contributed by atoms with Gasteiger partial charge in [0.1, 0.15) is 5.69 Å². The lowest BCUT2D eigenvalue weighted by molar-refractivity contribution is -0.139. The van der Waals surface area contributed by atoms with Crippen LogP contribution in [0.4, 0.5) is 0 Å². The fourth-order valence-corrected chi connectivity index (χ4v) is 5.70. The van der Waals surface area contributed by atoms with Crippen molar-refractivity contribution in [3.63, 3.8) is 0 Å². The first-order chi connectivity index (χ1) is 17.1. The summed E-state index contributed by atoms with van der Waals surface area (Å²) < 4.78 is 2.19. The fourth-order valence-electron chi connectivity index (χ4n) is 5.55. The molecule has 198 valence electrons. The Morgan fingerprint density at radius 2 is 1.81 bits per heavy atom. The van der Waals surface area contributed by atoms with Crippen LogP contribution in [-0.4, -0.2) is 33.0 Å². The highest BCUT2D eigenvalue weighted by atomic mass is 35.5. The van der Waals surface area contributed by atoms with E-state index in [4.69, 9.17) is 11.6 Å². The Kier molecular flexibility index (Phi) is 9.68. The van der Waals surface area contributed by atoms with E-state index in [0.717, 1.165) is 32.1 Å². The Morgan fingerprint density at radius 3 is 2.39 bits per heavy atom. The zero-order valence-electron chi connectivity index (χ0n) is 22.5. The first-order valence-corrected chi connectivity index (χ1v) is 13.9. The summed E-state index contributed by atoms with van der Waals surface area (Å²) in [5, 5.41) is 12.4. The third-order valence-corrected chi connectivity index (χ3v) is 8.62. The van der Waals surface area contributed by atoms with Crippen molar-refractivity contribution in [1.29, 1.82) is 0 Å². The summed E-state index contributed by atoms with van der Waals surface area (Å²) in [4.78, 5) is 25.0. The monoisotopic (exact) mass is 514 g/mol. The second kappa shape index (κ2) is 12.3. The Morgan fingerprint density at radius 1 is 1.11 bits per heavy atom. The number of hydrogen-bond donors (Lipinski definition) is 2. The number of carboxylic acids is 1. The molecule has 5 nitrogen and oxygen atoms in total. The molecular formula is C30H43ClN2O3. The summed E-state index contributed by atoms with van der Waals surface area (Å²) in [5.74, 6) is -0.990. The average Bonchev–Trinajstić information content (AvgIpc) is 3.58. The number of aryl methyl sites for hydroxylation is 2. The summed E-state index contributed by atoms with van der Waals surface area (Å²) in [7, 11) is 0. The molecule has 36 heavy (non-hydrogen) atoms. The Labute approximate surface area is 221 Å². The molecule has 1 aliphatic rings. The summed E-state index contributed by atoms with van der Waals surface area (Å²) in [5.41, 5.74) is 2.97. The van der Waals surface area contributed by atoms with E-state index in [9.17, 15) is 14.7 Å². The minimum Gasteiger partial charge on any atom is -0.481 e. The third kappa shape index (κ3) is 6.94.